The third-order valence-corrected chi connectivity index (χ3v) is 5.06. The first kappa shape index (κ1) is 18.9. The fourth-order valence-corrected chi connectivity index (χ4v) is 3.43. The Labute approximate surface area is 164 Å². The van der Waals surface area contributed by atoms with Crippen molar-refractivity contribution in [3.05, 3.63) is 58.1 Å². The fraction of sp³-hybridized carbons (Fsp3) is 0.350. The van der Waals surface area contributed by atoms with E-state index in [0.29, 0.717) is 23.9 Å². The molecule has 1 fully saturated rings. The first-order valence-electron chi connectivity index (χ1n) is 8.66. The number of hydrogen-bond donors (Lipinski definition) is 0. The Hall–Kier alpha value is -1.91. The van der Waals surface area contributed by atoms with Crippen molar-refractivity contribution in [1.82, 2.24) is 4.90 Å². The average Bonchev–Trinajstić information content (AvgIpc) is 2.64. The molecule has 1 atom stereocenters. The first-order valence-corrected chi connectivity index (χ1v) is 9.42. The standard InChI is InChI=1S/C20H22Cl2N2O2/c1-14-13-17(22)5-8-19(14)26-15(2)20(25)24-11-9-23(10-12-24)18-6-3-16(21)4-7-18/h3-8,13,15H,9-12H2,1-2H3/t15-/m0/s1. The summed E-state index contributed by atoms with van der Waals surface area (Å²) in [6.07, 6.45) is -0.531. The van der Waals surface area contributed by atoms with Crippen LogP contribution in [-0.2, 0) is 4.79 Å². The summed E-state index contributed by atoms with van der Waals surface area (Å²) >= 11 is 11.9. The van der Waals surface area contributed by atoms with Gasteiger partial charge in [0.05, 0.1) is 0 Å². The van der Waals surface area contributed by atoms with Crippen LogP contribution in [-0.4, -0.2) is 43.1 Å². The number of carbonyl (C=O) groups excluding carboxylic acids is 1. The summed E-state index contributed by atoms with van der Waals surface area (Å²) in [5.41, 5.74) is 2.05. The van der Waals surface area contributed by atoms with Crippen LogP contribution in [0.4, 0.5) is 5.69 Å². The Kier molecular flexibility index (Phi) is 5.94. The summed E-state index contributed by atoms with van der Waals surface area (Å²) in [6, 6.07) is 13.2. The molecule has 0 radical (unpaired) electrons. The van der Waals surface area contributed by atoms with E-state index in [1.54, 1.807) is 19.1 Å². The molecule has 4 nitrogen and oxygen atoms in total. The van der Waals surface area contributed by atoms with Crippen LogP contribution in [0.15, 0.2) is 42.5 Å². The molecule has 0 bridgehead atoms. The minimum atomic E-state index is -0.531. The largest absolute Gasteiger partial charge is 0.481 e. The fourth-order valence-electron chi connectivity index (χ4n) is 3.08. The maximum absolute atomic E-state index is 12.7. The number of rotatable bonds is 4. The zero-order valence-corrected chi connectivity index (χ0v) is 16.4. The van der Waals surface area contributed by atoms with Crippen molar-refractivity contribution >= 4 is 34.8 Å². The lowest BCUT2D eigenvalue weighted by Gasteiger charge is -2.37. The lowest BCUT2D eigenvalue weighted by Crippen LogP contribution is -2.52. The van der Waals surface area contributed by atoms with Crippen LogP contribution in [0, 0.1) is 6.92 Å². The first-order chi connectivity index (χ1) is 12.4. The van der Waals surface area contributed by atoms with Gasteiger partial charge in [0.25, 0.3) is 5.91 Å². The lowest BCUT2D eigenvalue weighted by molar-refractivity contribution is -0.138. The summed E-state index contributed by atoms with van der Waals surface area (Å²) in [5.74, 6) is 0.699. The number of halogens is 2. The molecule has 0 aromatic heterocycles. The molecule has 2 aromatic rings. The number of carbonyl (C=O) groups is 1. The molecule has 2 aromatic carbocycles. The molecule has 0 saturated carbocycles. The molecule has 1 aliphatic heterocycles. The van der Waals surface area contributed by atoms with Crippen molar-refractivity contribution in [2.75, 3.05) is 31.1 Å². The van der Waals surface area contributed by atoms with E-state index in [1.165, 1.54) is 0 Å². The molecule has 0 spiro atoms. The maximum Gasteiger partial charge on any atom is 0.263 e. The van der Waals surface area contributed by atoms with Crippen LogP contribution < -0.4 is 9.64 Å². The monoisotopic (exact) mass is 392 g/mol. The summed E-state index contributed by atoms with van der Waals surface area (Å²) in [4.78, 5) is 16.8. The number of nitrogens with zero attached hydrogens (tertiary/aromatic N) is 2. The molecule has 1 aliphatic rings. The van der Waals surface area contributed by atoms with Crippen molar-refractivity contribution < 1.29 is 9.53 Å². The predicted octanol–water partition coefficient (Wildman–Crippen LogP) is 4.42. The van der Waals surface area contributed by atoms with Crippen molar-refractivity contribution in [2.45, 2.75) is 20.0 Å². The van der Waals surface area contributed by atoms with Crippen molar-refractivity contribution in [1.29, 1.82) is 0 Å². The third kappa shape index (κ3) is 4.43. The normalized spacial score (nSPS) is 15.7. The van der Waals surface area contributed by atoms with Crippen LogP contribution in [0.25, 0.3) is 0 Å². The van der Waals surface area contributed by atoms with Gasteiger partial charge in [0.1, 0.15) is 5.75 Å². The summed E-state index contributed by atoms with van der Waals surface area (Å²) in [6.45, 7) is 6.65. The second kappa shape index (κ2) is 8.19. The molecule has 1 amide bonds. The Morgan fingerprint density at radius 3 is 2.23 bits per heavy atom. The van der Waals surface area contributed by atoms with Crippen molar-refractivity contribution in [2.24, 2.45) is 0 Å². The Balaban J connectivity index is 1.56. The SMILES string of the molecule is Cc1cc(Cl)ccc1O[C@@H](C)C(=O)N1CCN(c2ccc(Cl)cc2)CC1. The molecule has 1 saturated heterocycles. The molecule has 0 N–H and O–H groups in total. The highest BCUT2D eigenvalue weighted by molar-refractivity contribution is 6.30. The van der Waals surface area contributed by atoms with Crippen molar-refractivity contribution in [3.63, 3.8) is 0 Å². The molecular weight excluding hydrogens is 371 g/mol. The zero-order valence-electron chi connectivity index (χ0n) is 14.9. The highest BCUT2D eigenvalue weighted by Crippen LogP contribution is 2.24. The molecule has 0 unspecified atom stereocenters. The molecule has 1 heterocycles. The molecule has 26 heavy (non-hydrogen) atoms. The van der Waals surface area contributed by atoms with E-state index in [-0.39, 0.29) is 5.91 Å². The number of piperazine rings is 1. The minimum absolute atomic E-state index is 0.00936. The highest BCUT2D eigenvalue weighted by Gasteiger charge is 2.26. The van der Waals surface area contributed by atoms with Crippen LogP contribution in [0.3, 0.4) is 0 Å². The number of amides is 1. The van der Waals surface area contributed by atoms with E-state index < -0.39 is 6.10 Å². The quantitative estimate of drug-likeness (QED) is 0.771. The molecular formula is C20H22Cl2N2O2. The number of benzene rings is 2. The van der Waals surface area contributed by atoms with Gasteiger partial charge in [-0.05, 0) is 61.9 Å². The van der Waals surface area contributed by atoms with Gasteiger partial charge in [-0.3, -0.25) is 4.79 Å². The van der Waals surface area contributed by atoms with Gasteiger partial charge in [-0.25, -0.2) is 0 Å². The van der Waals surface area contributed by atoms with E-state index in [1.807, 2.05) is 42.2 Å². The Bertz CT molecular complexity index is 772. The number of ether oxygens (including phenoxy) is 1. The van der Waals surface area contributed by atoms with Crippen LogP contribution in [0.1, 0.15) is 12.5 Å². The molecule has 138 valence electrons. The Morgan fingerprint density at radius 2 is 1.62 bits per heavy atom. The van der Waals surface area contributed by atoms with Crippen LogP contribution in [0.5, 0.6) is 5.75 Å². The van der Waals surface area contributed by atoms with Gasteiger partial charge in [0.2, 0.25) is 0 Å². The summed E-state index contributed by atoms with van der Waals surface area (Å²) in [5, 5.41) is 1.39. The zero-order chi connectivity index (χ0) is 18.7. The van der Waals surface area contributed by atoms with Gasteiger partial charge in [-0.15, -0.1) is 0 Å². The van der Waals surface area contributed by atoms with Gasteiger partial charge >= 0.3 is 0 Å². The smallest absolute Gasteiger partial charge is 0.263 e. The van der Waals surface area contributed by atoms with Gasteiger partial charge in [-0.2, -0.15) is 0 Å². The molecule has 6 heteroatoms. The van der Waals surface area contributed by atoms with E-state index >= 15 is 0 Å². The van der Waals surface area contributed by atoms with E-state index in [0.717, 1.165) is 29.4 Å². The number of hydrogen-bond acceptors (Lipinski definition) is 3. The van der Waals surface area contributed by atoms with Gasteiger partial charge in [0.15, 0.2) is 6.10 Å². The third-order valence-electron chi connectivity index (χ3n) is 4.57. The van der Waals surface area contributed by atoms with Crippen LogP contribution >= 0.6 is 23.2 Å². The second-order valence-electron chi connectivity index (χ2n) is 6.46. The van der Waals surface area contributed by atoms with Crippen LogP contribution in [0.2, 0.25) is 10.0 Å². The summed E-state index contributed by atoms with van der Waals surface area (Å²) < 4.78 is 5.86. The van der Waals surface area contributed by atoms with Gasteiger partial charge in [-0.1, -0.05) is 23.2 Å². The molecule has 3 rings (SSSR count). The van der Waals surface area contributed by atoms with Crippen molar-refractivity contribution in [3.8, 4) is 5.75 Å². The lowest BCUT2D eigenvalue weighted by atomic mass is 10.2. The van der Waals surface area contributed by atoms with Gasteiger partial charge in [0, 0.05) is 41.9 Å². The van der Waals surface area contributed by atoms with E-state index in [2.05, 4.69) is 4.90 Å². The van der Waals surface area contributed by atoms with Gasteiger partial charge < -0.3 is 14.5 Å². The topological polar surface area (TPSA) is 32.8 Å². The maximum atomic E-state index is 12.7. The number of aryl methyl sites for hydroxylation is 1. The summed E-state index contributed by atoms with van der Waals surface area (Å²) in [7, 11) is 0. The second-order valence-corrected chi connectivity index (χ2v) is 7.33. The molecule has 0 aliphatic carbocycles. The van der Waals surface area contributed by atoms with E-state index in [9.17, 15) is 4.79 Å². The minimum Gasteiger partial charge on any atom is -0.481 e. The van der Waals surface area contributed by atoms with E-state index in [4.69, 9.17) is 27.9 Å². The predicted molar refractivity (Wildman–Crippen MR) is 107 cm³/mol. The average molecular weight is 393 g/mol. The number of anilines is 1. The Morgan fingerprint density at radius 1 is 1.00 bits per heavy atom. The highest BCUT2D eigenvalue weighted by atomic mass is 35.5.